The van der Waals surface area contributed by atoms with Crippen molar-refractivity contribution in [3.8, 4) is 22.6 Å². The Labute approximate surface area is 174 Å². The standard InChI is InChI=1S/C25H20O5/c1-4-24(26)29-14-13-28-23-12-9-20-15-19(5-6-21(20)16-23)18-7-10-22(11-8-18)30-25(27)17(2)3/h4-16H,1-2H2,3H3. The molecule has 5 nitrogen and oxygen atoms in total. The summed E-state index contributed by atoms with van der Waals surface area (Å²) < 4.78 is 15.4. The van der Waals surface area contributed by atoms with Crippen LogP contribution in [-0.4, -0.2) is 11.9 Å². The molecule has 0 saturated heterocycles. The minimum absolute atomic E-state index is 0.352. The van der Waals surface area contributed by atoms with Gasteiger partial charge in [-0.1, -0.05) is 43.5 Å². The summed E-state index contributed by atoms with van der Waals surface area (Å²) in [5.74, 6) is 0.0917. The summed E-state index contributed by atoms with van der Waals surface area (Å²) in [6.45, 7) is 8.49. The van der Waals surface area contributed by atoms with Crippen molar-refractivity contribution in [2.45, 2.75) is 6.92 Å². The summed E-state index contributed by atoms with van der Waals surface area (Å²) in [5, 5.41) is 2.04. The van der Waals surface area contributed by atoms with Crippen molar-refractivity contribution in [2.75, 3.05) is 0 Å². The molecule has 0 saturated carbocycles. The normalized spacial score (nSPS) is 10.6. The molecule has 0 amide bonds. The predicted octanol–water partition coefficient (Wildman–Crippen LogP) is 5.57. The Hall–Kier alpha value is -4.12. The van der Waals surface area contributed by atoms with Crippen LogP contribution in [0.2, 0.25) is 0 Å². The highest BCUT2D eigenvalue weighted by Gasteiger charge is 2.06. The lowest BCUT2D eigenvalue weighted by Crippen LogP contribution is -2.07. The molecule has 3 rings (SSSR count). The van der Waals surface area contributed by atoms with Crippen molar-refractivity contribution in [1.29, 1.82) is 0 Å². The highest BCUT2D eigenvalue weighted by atomic mass is 16.5. The first kappa shape index (κ1) is 20.6. The topological polar surface area (TPSA) is 61.8 Å². The Balaban J connectivity index is 1.72. The fourth-order valence-electron chi connectivity index (χ4n) is 2.64. The van der Waals surface area contributed by atoms with Crippen LogP contribution in [0.5, 0.6) is 11.5 Å². The van der Waals surface area contributed by atoms with Gasteiger partial charge in [0.05, 0.1) is 0 Å². The van der Waals surface area contributed by atoms with Gasteiger partial charge >= 0.3 is 11.9 Å². The van der Waals surface area contributed by atoms with Gasteiger partial charge in [-0.25, -0.2) is 9.59 Å². The van der Waals surface area contributed by atoms with Crippen LogP contribution >= 0.6 is 0 Å². The number of ether oxygens (including phenoxy) is 3. The molecule has 0 heterocycles. The van der Waals surface area contributed by atoms with Crippen molar-refractivity contribution < 1.29 is 23.8 Å². The van der Waals surface area contributed by atoms with Gasteiger partial charge in [-0.3, -0.25) is 0 Å². The van der Waals surface area contributed by atoms with E-state index >= 15 is 0 Å². The molecule has 3 aromatic carbocycles. The van der Waals surface area contributed by atoms with Crippen LogP contribution in [0, 0.1) is 0 Å². The quantitative estimate of drug-likeness (QED) is 0.225. The third-order valence-corrected chi connectivity index (χ3v) is 4.17. The van der Waals surface area contributed by atoms with Gasteiger partial charge in [0, 0.05) is 11.6 Å². The van der Waals surface area contributed by atoms with Crippen molar-refractivity contribution in [3.05, 3.63) is 98.0 Å². The molecular formula is C25H20O5. The molecule has 0 N–H and O–H groups in total. The SMILES string of the molecule is C=CC(=O)OC=COc1ccc2cc(-c3ccc(OC(=O)C(=C)C)cc3)ccc2c1. The molecule has 0 aliphatic rings. The van der Waals surface area contributed by atoms with E-state index in [0.29, 0.717) is 17.1 Å². The Morgan fingerprint density at radius 3 is 2.17 bits per heavy atom. The summed E-state index contributed by atoms with van der Waals surface area (Å²) in [6, 6.07) is 19.0. The smallest absolute Gasteiger partial charge is 0.338 e. The maximum absolute atomic E-state index is 11.6. The lowest BCUT2D eigenvalue weighted by Gasteiger charge is -2.08. The number of rotatable bonds is 7. The molecule has 0 radical (unpaired) electrons. The van der Waals surface area contributed by atoms with Gasteiger partial charge in [0.2, 0.25) is 0 Å². The molecular weight excluding hydrogens is 380 g/mol. The lowest BCUT2D eigenvalue weighted by atomic mass is 10.0. The molecule has 0 bridgehead atoms. The number of fused-ring (bicyclic) bond motifs is 1. The van der Waals surface area contributed by atoms with Gasteiger partial charge in [-0.15, -0.1) is 0 Å². The fourth-order valence-corrected chi connectivity index (χ4v) is 2.64. The minimum atomic E-state index is -0.553. The summed E-state index contributed by atoms with van der Waals surface area (Å²) in [5.41, 5.74) is 2.38. The van der Waals surface area contributed by atoms with Crippen LogP contribution in [0.3, 0.4) is 0 Å². The zero-order valence-corrected chi connectivity index (χ0v) is 16.5. The van der Waals surface area contributed by atoms with E-state index in [2.05, 4.69) is 19.2 Å². The van der Waals surface area contributed by atoms with Gasteiger partial charge < -0.3 is 14.2 Å². The monoisotopic (exact) mass is 400 g/mol. The predicted molar refractivity (Wildman–Crippen MR) is 116 cm³/mol. The summed E-state index contributed by atoms with van der Waals surface area (Å²) in [4.78, 5) is 22.6. The number of esters is 2. The average Bonchev–Trinajstić information content (AvgIpc) is 2.76. The number of hydrogen-bond donors (Lipinski definition) is 0. The van der Waals surface area contributed by atoms with Gasteiger partial charge in [0.25, 0.3) is 0 Å². The van der Waals surface area contributed by atoms with Crippen molar-refractivity contribution >= 4 is 22.7 Å². The molecule has 0 aromatic heterocycles. The maximum atomic E-state index is 11.6. The first-order valence-corrected chi connectivity index (χ1v) is 9.13. The molecule has 0 spiro atoms. The van der Waals surface area contributed by atoms with E-state index in [1.807, 2.05) is 42.5 Å². The molecule has 0 aliphatic heterocycles. The second kappa shape index (κ2) is 9.39. The summed E-state index contributed by atoms with van der Waals surface area (Å²) in [6.07, 6.45) is 3.52. The molecule has 150 valence electrons. The summed E-state index contributed by atoms with van der Waals surface area (Å²) in [7, 11) is 0. The van der Waals surface area contributed by atoms with E-state index in [9.17, 15) is 9.59 Å². The molecule has 0 aliphatic carbocycles. The van der Waals surface area contributed by atoms with Gasteiger partial charge in [-0.2, -0.15) is 0 Å². The number of hydrogen-bond acceptors (Lipinski definition) is 5. The molecule has 0 atom stereocenters. The maximum Gasteiger partial charge on any atom is 0.338 e. The molecule has 5 heteroatoms. The Morgan fingerprint density at radius 2 is 1.47 bits per heavy atom. The van der Waals surface area contributed by atoms with Gasteiger partial charge in [0.1, 0.15) is 24.0 Å². The van der Waals surface area contributed by atoms with Crippen LogP contribution in [0.4, 0.5) is 0 Å². The number of carbonyl (C=O) groups is 2. The van der Waals surface area contributed by atoms with E-state index in [0.717, 1.165) is 34.2 Å². The number of benzene rings is 3. The Kier molecular flexibility index (Phi) is 6.45. The van der Waals surface area contributed by atoms with E-state index in [1.54, 1.807) is 19.1 Å². The number of carbonyl (C=O) groups excluding carboxylic acids is 2. The average molecular weight is 400 g/mol. The van der Waals surface area contributed by atoms with Crippen LogP contribution in [0.25, 0.3) is 21.9 Å². The second-order valence-corrected chi connectivity index (χ2v) is 6.45. The van der Waals surface area contributed by atoms with Crippen molar-refractivity contribution in [3.63, 3.8) is 0 Å². The lowest BCUT2D eigenvalue weighted by molar-refractivity contribution is -0.132. The molecule has 3 aromatic rings. The second-order valence-electron chi connectivity index (χ2n) is 6.45. The largest absolute Gasteiger partial charge is 0.462 e. The Morgan fingerprint density at radius 1 is 0.833 bits per heavy atom. The van der Waals surface area contributed by atoms with E-state index in [-0.39, 0.29) is 0 Å². The zero-order valence-electron chi connectivity index (χ0n) is 16.5. The molecule has 0 unspecified atom stereocenters. The highest BCUT2D eigenvalue weighted by molar-refractivity contribution is 5.89. The fraction of sp³-hybridized carbons (Fsp3) is 0.0400. The first-order chi connectivity index (χ1) is 14.5. The zero-order chi connectivity index (χ0) is 21.5. The Bertz CT molecular complexity index is 1140. The van der Waals surface area contributed by atoms with E-state index < -0.39 is 11.9 Å². The van der Waals surface area contributed by atoms with Crippen LogP contribution in [-0.2, 0) is 14.3 Å². The summed E-state index contributed by atoms with van der Waals surface area (Å²) >= 11 is 0. The van der Waals surface area contributed by atoms with Gasteiger partial charge in [0.15, 0.2) is 0 Å². The van der Waals surface area contributed by atoms with E-state index in [4.69, 9.17) is 14.2 Å². The van der Waals surface area contributed by atoms with Crippen molar-refractivity contribution in [1.82, 2.24) is 0 Å². The van der Waals surface area contributed by atoms with Crippen LogP contribution < -0.4 is 9.47 Å². The highest BCUT2D eigenvalue weighted by Crippen LogP contribution is 2.28. The van der Waals surface area contributed by atoms with E-state index in [1.165, 1.54) is 6.26 Å². The van der Waals surface area contributed by atoms with Crippen molar-refractivity contribution in [2.24, 2.45) is 0 Å². The molecule has 30 heavy (non-hydrogen) atoms. The van der Waals surface area contributed by atoms with Crippen LogP contribution in [0.1, 0.15) is 6.92 Å². The van der Waals surface area contributed by atoms with Crippen LogP contribution in [0.15, 0.2) is 98.0 Å². The third kappa shape index (κ3) is 5.23. The van der Waals surface area contributed by atoms with Gasteiger partial charge in [-0.05, 0) is 59.2 Å². The first-order valence-electron chi connectivity index (χ1n) is 9.13. The molecule has 0 fully saturated rings. The minimum Gasteiger partial charge on any atom is -0.462 e. The third-order valence-electron chi connectivity index (χ3n) is 4.17.